The standard InChI is InChI=1S/C13H27NO2/c1-3-5-6-7-8-9-10-16-13(15)12(4-2)11-14/h12H,3-11,14H2,1-2H3. The van der Waals surface area contributed by atoms with Gasteiger partial charge in [0.2, 0.25) is 0 Å². The Bertz CT molecular complexity index is 167. The minimum Gasteiger partial charge on any atom is -0.465 e. The van der Waals surface area contributed by atoms with Gasteiger partial charge in [0.25, 0.3) is 0 Å². The zero-order valence-electron chi connectivity index (χ0n) is 10.8. The zero-order chi connectivity index (χ0) is 12.2. The number of carbonyl (C=O) groups excluding carboxylic acids is 1. The summed E-state index contributed by atoms with van der Waals surface area (Å²) >= 11 is 0. The lowest BCUT2D eigenvalue weighted by molar-refractivity contribution is -0.148. The summed E-state index contributed by atoms with van der Waals surface area (Å²) in [5, 5.41) is 0. The molecule has 16 heavy (non-hydrogen) atoms. The van der Waals surface area contributed by atoms with Gasteiger partial charge in [0.1, 0.15) is 0 Å². The Hall–Kier alpha value is -0.570. The van der Waals surface area contributed by atoms with Crippen LogP contribution in [-0.4, -0.2) is 19.1 Å². The summed E-state index contributed by atoms with van der Waals surface area (Å²) in [6.45, 7) is 5.12. The van der Waals surface area contributed by atoms with Crippen LogP contribution in [0.5, 0.6) is 0 Å². The minimum atomic E-state index is -0.126. The van der Waals surface area contributed by atoms with Gasteiger partial charge in [0, 0.05) is 6.54 Å². The largest absolute Gasteiger partial charge is 0.465 e. The number of carbonyl (C=O) groups is 1. The molecule has 0 radical (unpaired) electrons. The molecule has 0 aliphatic heterocycles. The molecular weight excluding hydrogens is 202 g/mol. The first-order chi connectivity index (χ1) is 7.76. The van der Waals surface area contributed by atoms with E-state index in [1.807, 2.05) is 6.92 Å². The Balaban J connectivity index is 3.33. The zero-order valence-corrected chi connectivity index (χ0v) is 10.8. The van der Waals surface area contributed by atoms with Crippen LogP contribution in [0.3, 0.4) is 0 Å². The molecule has 3 nitrogen and oxygen atoms in total. The minimum absolute atomic E-state index is 0.111. The second kappa shape index (κ2) is 10.9. The molecule has 0 spiro atoms. The van der Waals surface area contributed by atoms with Gasteiger partial charge in [-0.15, -0.1) is 0 Å². The highest BCUT2D eigenvalue weighted by atomic mass is 16.5. The molecule has 0 amide bonds. The van der Waals surface area contributed by atoms with Crippen molar-refractivity contribution in [3.63, 3.8) is 0 Å². The smallest absolute Gasteiger partial charge is 0.310 e. The molecule has 0 saturated carbocycles. The van der Waals surface area contributed by atoms with Crippen LogP contribution in [0.1, 0.15) is 58.8 Å². The number of nitrogens with two attached hydrogens (primary N) is 1. The maximum absolute atomic E-state index is 11.4. The predicted octanol–water partition coefficient (Wildman–Crippen LogP) is 2.88. The summed E-state index contributed by atoms with van der Waals surface area (Å²) in [5.74, 6) is -0.237. The summed E-state index contributed by atoms with van der Waals surface area (Å²) < 4.78 is 5.17. The maximum atomic E-state index is 11.4. The van der Waals surface area contributed by atoms with Crippen molar-refractivity contribution in [2.75, 3.05) is 13.2 Å². The van der Waals surface area contributed by atoms with Gasteiger partial charge in [-0.2, -0.15) is 0 Å². The third-order valence-corrected chi connectivity index (χ3v) is 2.85. The van der Waals surface area contributed by atoms with Crippen molar-refractivity contribution in [2.45, 2.75) is 58.8 Å². The van der Waals surface area contributed by atoms with E-state index < -0.39 is 0 Å². The van der Waals surface area contributed by atoms with E-state index in [1.54, 1.807) is 0 Å². The van der Waals surface area contributed by atoms with E-state index >= 15 is 0 Å². The van der Waals surface area contributed by atoms with Crippen molar-refractivity contribution in [3.05, 3.63) is 0 Å². The van der Waals surface area contributed by atoms with Gasteiger partial charge in [0.05, 0.1) is 12.5 Å². The highest BCUT2D eigenvalue weighted by molar-refractivity contribution is 5.72. The van der Waals surface area contributed by atoms with Crippen LogP contribution in [0, 0.1) is 5.92 Å². The molecule has 3 heteroatoms. The molecule has 0 aliphatic carbocycles. The monoisotopic (exact) mass is 229 g/mol. The van der Waals surface area contributed by atoms with Crippen LogP contribution in [0.25, 0.3) is 0 Å². The van der Waals surface area contributed by atoms with E-state index in [4.69, 9.17) is 10.5 Å². The molecule has 2 N–H and O–H groups in total. The van der Waals surface area contributed by atoms with Gasteiger partial charge >= 0.3 is 5.97 Å². The van der Waals surface area contributed by atoms with Crippen LogP contribution >= 0.6 is 0 Å². The molecule has 0 aliphatic rings. The van der Waals surface area contributed by atoms with Crippen molar-refractivity contribution >= 4 is 5.97 Å². The fourth-order valence-corrected chi connectivity index (χ4v) is 1.60. The normalized spacial score (nSPS) is 12.4. The third-order valence-electron chi connectivity index (χ3n) is 2.85. The first-order valence-corrected chi connectivity index (χ1v) is 6.62. The van der Waals surface area contributed by atoms with Crippen molar-refractivity contribution in [1.82, 2.24) is 0 Å². The van der Waals surface area contributed by atoms with Crippen molar-refractivity contribution in [1.29, 1.82) is 0 Å². The molecule has 0 aromatic rings. The summed E-state index contributed by atoms with van der Waals surface area (Å²) in [6, 6.07) is 0. The molecule has 0 aromatic carbocycles. The van der Waals surface area contributed by atoms with Crippen LogP contribution in [-0.2, 0) is 9.53 Å². The second-order valence-electron chi connectivity index (χ2n) is 4.28. The molecule has 0 aromatic heterocycles. The SMILES string of the molecule is CCCCCCCCOC(=O)C(CC)CN. The Kier molecular flexibility index (Phi) is 10.5. The number of unbranched alkanes of at least 4 members (excludes halogenated alkanes) is 5. The Morgan fingerprint density at radius 1 is 1.12 bits per heavy atom. The molecule has 0 fully saturated rings. The lowest BCUT2D eigenvalue weighted by Gasteiger charge is -2.11. The number of ether oxygens (including phenoxy) is 1. The Morgan fingerprint density at radius 2 is 1.75 bits per heavy atom. The molecule has 96 valence electrons. The van der Waals surface area contributed by atoms with Gasteiger partial charge in [-0.3, -0.25) is 4.79 Å². The summed E-state index contributed by atoms with van der Waals surface area (Å²) in [6.07, 6.45) is 8.04. The van der Waals surface area contributed by atoms with Crippen LogP contribution < -0.4 is 5.73 Å². The molecule has 0 rings (SSSR count). The van der Waals surface area contributed by atoms with Crippen molar-refractivity contribution < 1.29 is 9.53 Å². The highest BCUT2D eigenvalue weighted by Crippen LogP contribution is 2.07. The van der Waals surface area contributed by atoms with E-state index in [2.05, 4.69) is 6.92 Å². The van der Waals surface area contributed by atoms with Gasteiger partial charge in [-0.05, 0) is 12.8 Å². The average Bonchev–Trinajstić information content (AvgIpc) is 2.29. The quantitative estimate of drug-likeness (QED) is 0.463. The fraction of sp³-hybridized carbons (Fsp3) is 0.923. The second-order valence-corrected chi connectivity index (χ2v) is 4.28. The van der Waals surface area contributed by atoms with E-state index in [0.717, 1.165) is 19.3 Å². The number of hydrogen-bond donors (Lipinski definition) is 1. The average molecular weight is 229 g/mol. The van der Waals surface area contributed by atoms with E-state index in [1.165, 1.54) is 25.7 Å². The fourth-order valence-electron chi connectivity index (χ4n) is 1.60. The number of esters is 1. The van der Waals surface area contributed by atoms with E-state index in [-0.39, 0.29) is 11.9 Å². The van der Waals surface area contributed by atoms with Gasteiger partial charge < -0.3 is 10.5 Å². The maximum Gasteiger partial charge on any atom is 0.310 e. The van der Waals surface area contributed by atoms with Gasteiger partial charge in [-0.1, -0.05) is 46.0 Å². The van der Waals surface area contributed by atoms with Crippen LogP contribution in [0.2, 0.25) is 0 Å². The van der Waals surface area contributed by atoms with E-state index in [0.29, 0.717) is 13.2 Å². The van der Waals surface area contributed by atoms with Crippen LogP contribution in [0.4, 0.5) is 0 Å². The Morgan fingerprint density at radius 3 is 2.31 bits per heavy atom. The molecular formula is C13H27NO2. The van der Waals surface area contributed by atoms with Crippen molar-refractivity contribution in [3.8, 4) is 0 Å². The number of rotatable bonds is 10. The first kappa shape index (κ1) is 15.4. The molecule has 0 bridgehead atoms. The molecule has 0 saturated heterocycles. The highest BCUT2D eigenvalue weighted by Gasteiger charge is 2.15. The summed E-state index contributed by atoms with van der Waals surface area (Å²) in [5.41, 5.74) is 5.47. The summed E-state index contributed by atoms with van der Waals surface area (Å²) in [7, 11) is 0. The molecule has 1 atom stereocenters. The van der Waals surface area contributed by atoms with Crippen molar-refractivity contribution in [2.24, 2.45) is 11.7 Å². The topological polar surface area (TPSA) is 52.3 Å². The third kappa shape index (κ3) is 7.69. The van der Waals surface area contributed by atoms with Gasteiger partial charge in [0.15, 0.2) is 0 Å². The Labute approximate surface area is 99.7 Å². The summed E-state index contributed by atoms with van der Waals surface area (Å²) in [4.78, 5) is 11.4. The first-order valence-electron chi connectivity index (χ1n) is 6.62. The van der Waals surface area contributed by atoms with E-state index in [9.17, 15) is 4.79 Å². The molecule has 1 unspecified atom stereocenters. The number of hydrogen-bond acceptors (Lipinski definition) is 3. The van der Waals surface area contributed by atoms with Gasteiger partial charge in [-0.25, -0.2) is 0 Å². The predicted molar refractivity (Wildman–Crippen MR) is 67.2 cm³/mol. The molecule has 0 heterocycles. The van der Waals surface area contributed by atoms with Crippen LogP contribution in [0.15, 0.2) is 0 Å². The lowest BCUT2D eigenvalue weighted by atomic mass is 10.1. The lowest BCUT2D eigenvalue weighted by Crippen LogP contribution is -2.25.